The molecular weight excluding hydrogens is 258 g/mol. The number of furan rings is 1. The number of aryl methyl sites for hydroxylation is 1. The molecule has 6 heteroatoms. The Balaban J connectivity index is 2.09. The van der Waals surface area contributed by atoms with Gasteiger partial charge < -0.3 is 19.9 Å². The maximum absolute atomic E-state index is 12.0. The van der Waals surface area contributed by atoms with E-state index in [9.17, 15) is 4.79 Å². The van der Waals surface area contributed by atoms with Gasteiger partial charge in [0.15, 0.2) is 5.76 Å². The second-order valence-corrected chi connectivity index (χ2v) is 5.31. The number of nitrogens with zero attached hydrogens (tertiary/aromatic N) is 1. The summed E-state index contributed by atoms with van der Waals surface area (Å²) < 4.78 is 10.7. The molecule has 0 aliphatic heterocycles. The van der Waals surface area contributed by atoms with Crippen molar-refractivity contribution in [1.29, 1.82) is 0 Å². The highest BCUT2D eigenvalue weighted by molar-refractivity contribution is 5.79. The van der Waals surface area contributed by atoms with E-state index in [2.05, 4.69) is 10.3 Å². The first-order chi connectivity index (χ1) is 9.41. The molecule has 2 rings (SSSR count). The SMILES string of the molecule is Cc1oc(-c2ccco2)nc1CC(=O)NC(C)(C)CN. The first-order valence-corrected chi connectivity index (χ1v) is 6.42. The van der Waals surface area contributed by atoms with Crippen LogP contribution in [0, 0.1) is 6.92 Å². The minimum atomic E-state index is -0.432. The van der Waals surface area contributed by atoms with Crippen LogP contribution in [0.4, 0.5) is 0 Å². The minimum absolute atomic E-state index is 0.136. The Kier molecular flexibility index (Phi) is 3.94. The largest absolute Gasteiger partial charge is 0.459 e. The van der Waals surface area contributed by atoms with Crippen LogP contribution in [0.5, 0.6) is 0 Å². The van der Waals surface area contributed by atoms with Crippen molar-refractivity contribution in [3.05, 3.63) is 29.9 Å². The zero-order chi connectivity index (χ0) is 14.8. The van der Waals surface area contributed by atoms with Gasteiger partial charge in [-0.05, 0) is 32.9 Å². The van der Waals surface area contributed by atoms with Crippen molar-refractivity contribution < 1.29 is 13.6 Å². The molecule has 2 aromatic rings. The van der Waals surface area contributed by atoms with E-state index in [1.807, 2.05) is 13.8 Å². The zero-order valence-electron chi connectivity index (χ0n) is 11.9. The van der Waals surface area contributed by atoms with Crippen molar-refractivity contribution >= 4 is 5.91 Å². The summed E-state index contributed by atoms with van der Waals surface area (Å²) in [5, 5.41) is 2.86. The van der Waals surface area contributed by atoms with Gasteiger partial charge in [0.25, 0.3) is 5.89 Å². The van der Waals surface area contributed by atoms with Crippen molar-refractivity contribution in [2.75, 3.05) is 6.54 Å². The third kappa shape index (κ3) is 3.27. The summed E-state index contributed by atoms with van der Waals surface area (Å²) in [5.41, 5.74) is 5.75. The van der Waals surface area contributed by atoms with E-state index in [0.29, 0.717) is 29.6 Å². The number of amides is 1. The molecule has 0 saturated heterocycles. The van der Waals surface area contributed by atoms with Gasteiger partial charge in [0.1, 0.15) is 5.76 Å². The Morgan fingerprint density at radius 1 is 1.50 bits per heavy atom. The first kappa shape index (κ1) is 14.3. The van der Waals surface area contributed by atoms with Crippen LogP contribution in [0.2, 0.25) is 0 Å². The number of aromatic nitrogens is 1. The van der Waals surface area contributed by atoms with E-state index in [0.717, 1.165) is 0 Å². The third-order valence-corrected chi connectivity index (χ3v) is 2.94. The van der Waals surface area contributed by atoms with Gasteiger partial charge in [-0.2, -0.15) is 0 Å². The molecule has 3 N–H and O–H groups in total. The van der Waals surface area contributed by atoms with Crippen molar-refractivity contribution in [3.63, 3.8) is 0 Å². The molecule has 0 spiro atoms. The Morgan fingerprint density at radius 3 is 2.85 bits per heavy atom. The molecule has 0 atom stereocenters. The van der Waals surface area contributed by atoms with Crippen LogP contribution < -0.4 is 11.1 Å². The fourth-order valence-corrected chi connectivity index (χ4v) is 1.72. The first-order valence-electron chi connectivity index (χ1n) is 6.42. The van der Waals surface area contributed by atoms with Crippen LogP contribution in [-0.2, 0) is 11.2 Å². The Labute approximate surface area is 117 Å². The van der Waals surface area contributed by atoms with Gasteiger partial charge in [-0.1, -0.05) is 0 Å². The number of hydrogen-bond acceptors (Lipinski definition) is 5. The van der Waals surface area contributed by atoms with E-state index < -0.39 is 5.54 Å². The molecular formula is C14H19N3O3. The standard InChI is InChI=1S/C14H19N3O3/c1-9-10(7-12(18)17-14(2,3)8-15)16-13(20-9)11-5-4-6-19-11/h4-6H,7-8,15H2,1-3H3,(H,17,18). The molecule has 0 aliphatic carbocycles. The van der Waals surface area contributed by atoms with Crippen LogP contribution in [0.25, 0.3) is 11.7 Å². The molecule has 0 fully saturated rings. The summed E-state index contributed by atoms with van der Waals surface area (Å²) >= 11 is 0. The highest BCUT2D eigenvalue weighted by Crippen LogP contribution is 2.22. The number of nitrogens with two attached hydrogens (primary N) is 1. The smallest absolute Gasteiger partial charge is 0.263 e. The highest BCUT2D eigenvalue weighted by atomic mass is 16.4. The van der Waals surface area contributed by atoms with Gasteiger partial charge in [-0.25, -0.2) is 4.98 Å². The lowest BCUT2D eigenvalue weighted by Gasteiger charge is -2.23. The van der Waals surface area contributed by atoms with E-state index in [4.69, 9.17) is 14.6 Å². The Hall–Kier alpha value is -2.08. The summed E-state index contributed by atoms with van der Waals surface area (Å²) in [5.74, 6) is 1.40. The molecule has 0 saturated carbocycles. The molecule has 0 bridgehead atoms. The fourth-order valence-electron chi connectivity index (χ4n) is 1.72. The molecule has 0 aromatic carbocycles. The molecule has 0 aliphatic rings. The molecule has 2 aromatic heterocycles. The van der Waals surface area contributed by atoms with E-state index >= 15 is 0 Å². The van der Waals surface area contributed by atoms with Crippen molar-refractivity contribution in [2.45, 2.75) is 32.7 Å². The number of nitrogens with one attached hydrogen (secondary N) is 1. The maximum atomic E-state index is 12.0. The molecule has 108 valence electrons. The summed E-state index contributed by atoms with van der Waals surface area (Å²) in [4.78, 5) is 16.3. The van der Waals surface area contributed by atoms with Gasteiger partial charge in [-0.3, -0.25) is 4.79 Å². The van der Waals surface area contributed by atoms with Crippen LogP contribution in [0.3, 0.4) is 0 Å². The van der Waals surface area contributed by atoms with E-state index in [1.54, 1.807) is 25.3 Å². The summed E-state index contributed by atoms with van der Waals surface area (Å²) in [7, 11) is 0. The van der Waals surface area contributed by atoms with Gasteiger partial charge in [0, 0.05) is 12.1 Å². The topological polar surface area (TPSA) is 94.3 Å². The summed E-state index contributed by atoms with van der Waals surface area (Å²) in [6, 6.07) is 3.51. The number of carbonyl (C=O) groups is 1. The average Bonchev–Trinajstić information content (AvgIpc) is 2.99. The molecule has 2 heterocycles. The van der Waals surface area contributed by atoms with Crippen LogP contribution in [-0.4, -0.2) is 23.0 Å². The molecule has 20 heavy (non-hydrogen) atoms. The highest BCUT2D eigenvalue weighted by Gasteiger charge is 2.21. The van der Waals surface area contributed by atoms with Gasteiger partial charge in [0.05, 0.1) is 18.4 Å². The van der Waals surface area contributed by atoms with Gasteiger partial charge in [0.2, 0.25) is 5.91 Å². The fraction of sp³-hybridized carbons (Fsp3) is 0.429. The minimum Gasteiger partial charge on any atom is -0.459 e. The average molecular weight is 277 g/mol. The van der Waals surface area contributed by atoms with Crippen molar-refractivity contribution in [1.82, 2.24) is 10.3 Å². The molecule has 1 amide bonds. The lowest BCUT2D eigenvalue weighted by atomic mass is 10.1. The molecule has 0 radical (unpaired) electrons. The Bertz CT molecular complexity index is 585. The van der Waals surface area contributed by atoms with E-state index in [1.165, 1.54) is 0 Å². The second kappa shape index (κ2) is 5.50. The third-order valence-electron chi connectivity index (χ3n) is 2.94. The Morgan fingerprint density at radius 2 is 2.25 bits per heavy atom. The normalized spacial score (nSPS) is 11.6. The number of oxazole rings is 1. The van der Waals surface area contributed by atoms with Crippen molar-refractivity contribution in [3.8, 4) is 11.7 Å². The predicted molar refractivity (Wildman–Crippen MR) is 73.9 cm³/mol. The molecule has 0 unspecified atom stereocenters. The summed E-state index contributed by atoms with van der Waals surface area (Å²) in [6.07, 6.45) is 1.70. The van der Waals surface area contributed by atoms with Crippen LogP contribution in [0.1, 0.15) is 25.3 Å². The molecule has 6 nitrogen and oxygen atoms in total. The van der Waals surface area contributed by atoms with Gasteiger partial charge in [-0.15, -0.1) is 0 Å². The summed E-state index contributed by atoms with van der Waals surface area (Å²) in [6.45, 7) is 5.88. The predicted octanol–water partition coefficient (Wildman–Crippen LogP) is 1.64. The van der Waals surface area contributed by atoms with E-state index in [-0.39, 0.29) is 12.3 Å². The quantitative estimate of drug-likeness (QED) is 0.866. The van der Waals surface area contributed by atoms with Crippen LogP contribution in [0.15, 0.2) is 27.2 Å². The number of hydrogen-bond donors (Lipinski definition) is 2. The lowest BCUT2D eigenvalue weighted by Crippen LogP contribution is -2.49. The number of carbonyl (C=O) groups excluding carboxylic acids is 1. The van der Waals surface area contributed by atoms with Crippen LogP contribution >= 0.6 is 0 Å². The number of rotatable bonds is 5. The second-order valence-electron chi connectivity index (χ2n) is 5.31. The lowest BCUT2D eigenvalue weighted by molar-refractivity contribution is -0.122. The van der Waals surface area contributed by atoms with Crippen molar-refractivity contribution in [2.24, 2.45) is 5.73 Å². The van der Waals surface area contributed by atoms with Gasteiger partial charge >= 0.3 is 0 Å². The monoisotopic (exact) mass is 277 g/mol. The maximum Gasteiger partial charge on any atom is 0.263 e. The zero-order valence-corrected chi connectivity index (χ0v) is 11.9.